The van der Waals surface area contributed by atoms with Crippen LogP contribution < -0.4 is 99.8 Å². The predicted octanol–water partition coefficient (Wildman–Crippen LogP) is -3.92. The van der Waals surface area contributed by atoms with E-state index in [1.54, 1.807) is 0 Å². The molecule has 0 unspecified atom stereocenters. The molecule has 6 rings (SSSR count). The van der Waals surface area contributed by atoms with Crippen LogP contribution in [-0.4, -0.2) is 65.6 Å². The number of aromatic hydroxyl groups is 2. The molecule has 0 fully saturated rings. The van der Waals surface area contributed by atoms with Crippen LogP contribution in [0.2, 0.25) is 0 Å². The molecule has 0 atom stereocenters. The van der Waals surface area contributed by atoms with Crippen LogP contribution in [0.25, 0.3) is 11.4 Å². The van der Waals surface area contributed by atoms with Crippen molar-refractivity contribution in [3.8, 4) is 22.9 Å². The van der Waals surface area contributed by atoms with Gasteiger partial charge in [-0.15, -0.1) is 11.4 Å². The number of hydrogen-bond donors (Lipinski definition) is 4. The molecule has 2 heterocycles. The Labute approximate surface area is 425 Å². The summed E-state index contributed by atoms with van der Waals surface area (Å²) >= 11 is 0. The standard InChI is InChI=1S/2C16H12N5O7S.Cr.3Na/c2*1-9-15(18-17-13-8-11(21(24)25)4-7-14(13)22)16(23)20(19-9)10-2-5-12(6-3-10)29(26,27)28;;;;/h2*2-8,22H,1H3,(H,26,27,28);;;;/q2*-1;;3*+1. The summed E-state index contributed by atoms with van der Waals surface area (Å²) in [6.45, 7) is 2.96. The molecule has 0 amide bonds. The smallest absolute Gasteiger partial charge is 0.506 e. The average molecular weight is 958 g/mol. The van der Waals surface area contributed by atoms with Crippen LogP contribution in [0.1, 0.15) is 11.4 Å². The third-order valence-corrected chi connectivity index (χ3v) is 9.32. The van der Waals surface area contributed by atoms with Crippen molar-refractivity contribution in [3.05, 3.63) is 137 Å². The summed E-state index contributed by atoms with van der Waals surface area (Å²) in [5.74, 6) is -0.727. The number of non-ortho nitro benzene ring substituents is 2. The Hall–Kier alpha value is -4.15. The van der Waals surface area contributed by atoms with Crippen molar-refractivity contribution in [2.24, 2.45) is 20.5 Å². The Bertz CT molecular complexity index is 2810. The van der Waals surface area contributed by atoms with Gasteiger partial charge in [0.05, 0.1) is 31.0 Å². The number of aryl methyl sites for hydroxylation is 2. The molecule has 0 aliphatic carbocycles. The summed E-state index contributed by atoms with van der Waals surface area (Å²) in [4.78, 5) is 44.7. The second-order valence-electron chi connectivity index (χ2n) is 11.5. The number of nitro benzene ring substituents is 2. The number of phenolic OH excluding ortho intramolecular Hbond substituents is 2. The van der Waals surface area contributed by atoms with E-state index in [-0.39, 0.29) is 184 Å². The zero-order chi connectivity index (χ0) is 42.7. The van der Waals surface area contributed by atoms with E-state index < -0.39 is 41.2 Å². The van der Waals surface area contributed by atoms with E-state index in [0.717, 1.165) is 70.0 Å². The Balaban J connectivity index is 0.000000582. The largest absolute Gasteiger partial charge is 1.00 e. The van der Waals surface area contributed by atoms with Gasteiger partial charge < -0.3 is 30.0 Å². The van der Waals surface area contributed by atoms with E-state index in [4.69, 9.17) is 9.11 Å². The number of benzene rings is 4. The van der Waals surface area contributed by atoms with Crippen LogP contribution in [0.3, 0.4) is 0 Å². The number of nitro groups is 2. The SMILES string of the molecule is Cc1nn(-c2ccc(S(=O)(=O)O)cc2)c(=O)[c-]1N=Nc1cc([N+](=O)[O-])ccc1O.Cc1nn(-c2ccc(S(=O)(=O)O)cc2)c(=O)[c-]1N=Nc1cc([N+](=O)[O-])ccc1O.[Cr].[Na+].[Na+].[Na+]. The second-order valence-corrected chi connectivity index (χ2v) is 14.3. The molecule has 4 aromatic carbocycles. The minimum atomic E-state index is -4.38. The summed E-state index contributed by atoms with van der Waals surface area (Å²) in [5, 5.41) is 64.1. The molecule has 0 bridgehead atoms. The van der Waals surface area contributed by atoms with Crippen LogP contribution in [0.15, 0.2) is 125 Å². The molecule has 6 aromatic rings. The van der Waals surface area contributed by atoms with Crippen molar-refractivity contribution < 1.29 is 152 Å². The van der Waals surface area contributed by atoms with Gasteiger partial charge in [0.25, 0.3) is 31.6 Å². The van der Waals surface area contributed by atoms with Crippen molar-refractivity contribution in [2.45, 2.75) is 23.6 Å². The molecule has 62 heavy (non-hydrogen) atoms. The second kappa shape index (κ2) is 23.0. The van der Waals surface area contributed by atoms with Crippen LogP contribution in [0.4, 0.5) is 34.1 Å². The molecule has 2 aromatic heterocycles. The molecular formula is C32H24CrN10Na3O14S2+. The number of nitrogens with zero attached hydrogens (tertiary/aromatic N) is 10. The summed E-state index contributed by atoms with van der Waals surface area (Å²) in [7, 11) is -8.76. The van der Waals surface area contributed by atoms with Crippen molar-refractivity contribution in [1.82, 2.24) is 19.6 Å². The quantitative estimate of drug-likeness (QED) is 0.0254. The Morgan fingerprint density at radius 3 is 1.18 bits per heavy atom. The Kier molecular flexibility index (Phi) is 20.7. The maximum absolute atomic E-state index is 12.6. The van der Waals surface area contributed by atoms with Crippen molar-refractivity contribution in [1.29, 1.82) is 0 Å². The molecule has 24 nitrogen and oxygen atoms in total. The molecule has 0 aliphatic heterocycles. The van der Waals surface area contributed by atoms with E-state index in [9.17, 15) is 56.9 Å². The molecular weight excluding hydrogens is 934 g/mol. The summed E-state index contributed by atoms with van der Waals surface area (Å²) in [6.07, 6.45) is 0. The van der Waals surface area contributed by atoms with E-state index in [0.29, 0.717) is 0 Å². The van der Waals surface area contributed by atoms with Gasteiger partial charge in [-0.1, -0.05) is 25.2 Å². The fraction of sp³-hybridized carbons (Fsp3) is 0.0625. The molecule has 0 radical (unpaired) electrons. The summed E-state index contributed by atoms with van der Waals surface area (Å²) < 4.78 is 64.3. The maximum atomic E-state index is 12.6. The third-order valence-electron chi connectivity index (χ3n) is 7.59. The molecule has 0 saturated carbocycles. The number of phenols is 2. The Morgan fingerprint density at radius 1 is 0.597 bits per heavy atom. The van der Waals surface area contributed by atoms with Crippen LogP contribution >= 0.6 is 0 Å². The van der Waals surface area contributed by atoms with Gasteiger partial charge in [-0.05, 0) is 60.7 Å². The monoisotopic (exact) mass is 957 g/mol. The molecule has 0 aliphatic rings. The number of azo groups is 2. The van der Waals surface area contributed by atoms with E-state index in [2.05, 4.69) is 30.7 Å². The fourth-order valence-corrected chi connectivity index (χ4v) is 5.67. The molecule has 0 spiro atoms. The van der Waals surface area contributed by atoms with Crippen LogP contribution in [0.5, 0.6) is 11.5 Å². The molecule has 30 heteroatoms. The van der Waals surface area contributed by atoms with Gasteiger partial charge in [0.2, 0.25) is 0 Å². The van der Waals surface area contributed by atoms with Gasteiger partial charge in [0, 0.05) is 41.6 Å². The first-order valence-corrected chi connectivity index (χ1v) is 18.5. The van der Waals surface area contributed by atoms with Crippen molar-refractivity contribution in [2.75, 3.05) is 0 Å². The van der Waals surface area contributed by atoms with Crippen LogP contribution in [-0.2, 0) is 37.6 Å². The van der Waals surface area contributed by atoms with Crippen LogP contribution in [0, 0.1) is 34.1 Å². The molecule has 306 valence electrons. The number of aromatic nitrogens is 4. The van der Waals surface area contributed by atoms with Gasteiger partial charge >= 0.3 is 88.7 Å². The third kappa shape index (κ3) is 13.4. The van der Waals surface area contributed by atoms with Crippen molar-refractivity contribution >= 4 is 54.4 Å². The van der Waals surface area contributed by atoms with Gasteiger partial charge in [0.15, 0.2) is 0 Å². The van der Waals surface area contributed by atoms with E-state index >= 15 is 0 Å². The predicted molar refractivity (Wildman–Crippen MR) is 198 cm³/mol. The molecule has 4 N–H and O–H groups in total. The first-order valence-electron chi connectivity index (χ1n) is 15.6. The summed E-state index contributed by atoms with van der Waals surface area (Å²) in [5.41, 5.74) is -1.96. The van der Waals surface area contributed by atoms with E-state index in [1.807, 2.05) is 0 Å². The zero-order valence-electron chi connectivity index (χ0n) is 32.7. The number of rotatable bonds is 10. The van der Waals surface area contributed by atoms with E-state index in [1.165, 1.54) is 38.1 Å². The topological polar surface area (TPSA) is 355 Å². The minimum absolute atomic E-state index is 0. The first-order chi connectivity index (χ1) is 27.1. The van der Waals surface area contributed by atoms with Gasteiger partial charge in [0.1, 0.15) is 34.0 Å². The molecule has 0 saturated heterocycles. The maximum Gasteiger partial charge on any atom is 1.00 e. The Morgan fingerprint density at radius 2 is 0.903 bits per heavy atom. The minimum Gasteiger partial charge on any atom is -0.506 e. The average Bonchev–Trinajstić information content (AvgIpc) is 3.61. The van der Waals surface area contributed by atoms with Gasteiger partial charge in [-0.2, -0.15) is 27.1 Å². The number of hydrogen-bond acceptors (Lipinski definition) is 18. The summed E-state index contributed by atoms with van der Waals surface area (Å²) in [6, 6.07) is 15.8. The first kappa shape index (κ1) is 55.9. The van der Waals surface area contributed by atoms with Crippen molar-refractivity contribution in [3.63, 3.8) is 0 Å². The normalized spacial score (nSPS) is 11.0. The fourth-order valence-electron chi connectivity index (χ4n) is 4.71. The zero-order valence-corrected chi connectivity index (χ0v) is 41.6. The van der Waals surface area contributed by atoms with Gasteiger partial charge in [-0.25, -0.2) is 19.6 Å². The van der Waals surface area contributed by atoms with Gasteiger partial charge in [-0.3, -0.25) is 29.3 Å².